The second-order valence-corrected chi connectivity index (χ2v) is 5.27. The SMILES string of the molecule is c1ccc(SCCSc2ncccn2)cc1. The second kappa shape index (κ2) is 6.55. The van der Waals surface area contributed by atoms with Crippen LogP contribution in [0.3, 0.4) is 0 Å². The van der Waals surface area contributed by atoms with Crippen LogP contribution in [0, 0.1) is 0 Å². The van der Waals surface area contributed by atoms with Crippen LogP contribution in [0.15, 0.2) is 58.8 Å². The summed E-state index contributed by atoms with van der Waals surface area (Å²) in [6, 6.07) is 12.3. The van der Waals surface area contributed by atoms with Gasteiger partial charge in [-0.05, 0) is 18.2 Å². The lowest BCUT2D eigenvalue weighted by Gasteiger charge is -2.00. The molecule has 0 unspecified atom stereocenters. The molecule has 0 bridgehead atoms. The lowest BCUT2D eigenvalue weighted by Crippen LogP contribution is -1.88. The molecule has 2 aromatic rings. The first kappa shape index (κ1) is 11.5. The van der Waals surface area contributed by atoms with E-state index in [2.05, 4.69) is 34.2 Å². The molecule has 0 amide bonds. The molecule has 0 spiro atoms. The molecule has 0 fully saturated rings. The van der Waals surface area contributed by atoms with Crippen molar-refractivity contribution in [1.82, 2.24) is 9.97 Å². The summed E-state index contributed by atoms with van der Waals surface area (Å²) in [5.41, 5.74) is 0. The van der Waals surface area contributed by atoms with Gasteiger partial charge in [-0.15, -0.1) is 11.8 Å². The molecule has 0 aliphatic carbocycles. The van der Waals surface area contributed by atoms with Crippen LogP contribution in [0.2, 0.25) is 0 Å². The minimum atomic E-state index is 0.858. The third kappa shape index (κ3) is 3.87. The van der Waals surface area contributed by atoms with Crippen molar-refractivity contribution in [3.05, 3.63) is 48.8 Å². The van der Waals surface area contributed by atoms with E-state index in [1.54, 1.807) is 24.2 Å². The molecule has 1 heterocycles. The highest BCUT2D eigenvalue weighted by atomic mass is 32.2. The molecule has 0 aliphatic heterocycles. The van der Waals surface area contributed by atoms with Crippen LogP contribution in [0.25, 0.3) is 0 Å². The maximum Gasteiger partial charge on any atom is 0.187 e. The van der Waals surface area contributed by atoms with E-state index in [1.165, 1.54) is 4.90 Å². The highest BCUT2D eigenvalue weighted by molar-refractivity contribution is 8.02. The monoisotopic (exact) mass is 248 g/mol. The lowest BCUT2D eigenvalue weighted by atomic mass is 10.4. The van der Waals surface area contributed by atoms with Crippen molar-refractivity contribution in [2.24, 2.45) is 0 Å². The van der Waals surface area contributed by atoms with Crippen molar-refractivity contribution in [2.75, 3.05) is 11.5 Å². The van der Waals surface area contributed by atoms with E-state index in [1.807, 2.05) is 23.9 Å². The van der Waals surface area contributed by atoms with Gasteiger partial charge in [-0.25, -0.2) is 9.97 Å². The molecular weight excluding hydrogens is 236 g/mol. The predicted molar refractivity (Wildman–Crippen MR) is 69.9 cm³/mol. The van der Waals surface area contributed by atoms with Crippen LogP contribution in [-0.2, 0) is 0 Å². The van der Waals surface area contributed by atoms with Crippen LogP contribution >= 0.6 is 23.5 Å². The Bertz CT molecular complexity index is 364. The third-order valence-corrected chi connectivity index (χ3v) is 4.02. The number of hydrogen-bond acceptors (Lipinski definition) is 4. The summed E-state index contributed by atoms with van der Waals surface area (Å²) in [4.78, 5) is 9.65. The van der Waals surface area contributed by atoms with E-state index in [-0.39, 0.29) is 0 Å². The van der Waals surface area contributed by atoms with E-state index >= 15 is 0 Å². The third-order valence-electron chi connectivity index (χ3n) is 1.87. The Hall–Kier alpha value is -1.00. The fourth-order valence-corrected chi connectivity index (χ4v) is 2.87. The lowest BCUT2D eigenvalue weighted by molar-refractivity contribution is 0.968. The molecule has 16 heavy (non-hydrogen) atoms. The van der Waals surface area contributed by atoms with Gasteiger partial charge in [0.25, 0.3) is 0 Å². The van der Waals surface area contributed by atoms with Gasteiger partial charge in [0.2, 0.25) is 0 Å². The summed E-state index contributed by atoms with van der Waals surface area (Å²) in [7, 11) is 0. The number of rotatable bonds is 5. The van der Waals surface area contributed by atoms with E-state index < -0.39 is 0 Å². The van der Waals surface area contributed by atoms with E-state index in [0.29, 0.717) is 0 Å². The van der Waals surface area contributed by atoms with Crippen molar-refractivity contribution in [2.45, 2.75) is 10.1 Å². The van der Waals surface area contributed by atoms with E-state index in [4.69, 9.17) is 0 Å². The van der Waals surface area contributed by atoms with Gasteiger partial charge in [-0.3, -0.25) is 0 Å². The molecule has 4 heteroatoms. The number of nitrogens with zero attached hydrogens (tertiary/aromatic N) is 2. The van der Waals surface area contributed by atoms with Crippen molar-refractivity contribution < 1.29 is 0 Å². The molecule has 0 atom stereocenters. The summed E-state index contributed by atoms with van der Waals surface area (Å²) < 4.78 is 0. The molecule has 2 rings (SSSR count). The molecule has 0 aliphatic rings. The van der Waals surface area contributed by atoms with Crippen molar-refractivity contribution >= 4 is 23.5 Å². The average molecular weight is 248 g/mol. The highest BCUT2D eigenvalue weighted by Gasteiger charge is 1.96. The zero-order chi connectivity index (χ0) is 11.1. The Morgan fingerprint density at radius 3 is 2.25 bits per heavy atom. The minimum absolute atomic E-state index is 0.858. The van der Waals surface area contributed by atoms with Gasteiger partial charge in [0, 0.05) is 28.8 Å². The topological polar surface area (TPSA) is 25.8 Å². The number of aromatic nitrogens is 2. The molecule has 0 N–H and O–H groups in total. The minimum Gasteiger partial charge on any atom is -0.231 e. The Kier molecular flexibility index (Phi) is 4.70. The van der Waals surface area contributed by atoms with Crippen LogP contribution < -0.4 is 0 Å². The van der Waals surface area contributed by atoms with Gasteiger partial charge in [-0.1, -0.05) is 30.0 Å². The fourth-order valence-electron chi connectivity index (χ4n) is 1.17. The van der Waals surface area contributed by atoms with Crippen LogP contribution in [0.1, 0.15) is 0 Å². The summed E-state index contributed by atoms with van der Waals surface area (Å²) >= 11 is 3.56. The molecule has 0 saturated carbocycles. The summed E-state index contributed by atoms with van der Waals surface area (Å²) in [6.45, 7) is 0. The maximum absolute atomic E-state index is 4.17. The molecule has 0 saturated heterocycles. The molecule has 2 nitrogen and oxygen atoms in total. The Labute approximate surface area is 104 Å². The maximum atomic E-state index is 4.17. The molecule has 82 valence electrons. The van der Waals surface area contributed by atoms with Crippen LogP contribution in [-0.4, -0.2) is 21.5 Å². The number of benzene rings is 1. The van der Waals surface area contributed by atoms with Gasteiger partial charge in [0.1, 0.15) is 0 Å². The highest BCUT2D eigenvalue weighted by Crippen LogP contribution is 2.20. The quantitative estimate of drug-likeness (QED) is 0.460. The summed E-state index contributed by atoms with van der Waals surface area (Å²) in [6.07, 6.45) is 3.55. The van der Waals surface area contributed by atoms with Gasteiger partial charge in [-0.2, -0.15) is 0 Å². The first-order valence-corrected chi connectivity index (χ1v) is 7.00. The van der Waals surface area contributed by atoms with Crippen molar-refractivity contribution in [3.8, 4) is 0 Å². The standard InChI is InChI=1S/C12H12N2S2/c1-2-5-11(6-3-1)15-9-10-16-12-13-7-4-8-14-12/h1-8H,9-10H2. The number of thioether (sulfide) groups is 2. The largest absolute Gasteiger partial charge is 0.231 e. The molecular formula is C12H12N2S2. The molecule has 1 aromatic heterocycles. The number of hydrogen-bond donors (Lipinski definition) is 0. The molecule has 1 aromatic carbocycles. The predicted octanol–water partition coefficient (Wildman–Crippen LogP) is 3.36. The van der Waals surface area contributed by atoms with Gasteiger partial charge in [0.05, 0.1) is 0 Å². The van der Waals surface area contributed by atoms with Gasteiger partial charge in [0.15, 0.2) is 5.16 Å². The average Bonchev–Trinajstić information content (AvgIpc) is 2.37. The normalized spacial score (nSPS) is 10.2. The first-order chi connectivity index (χ1) is 7.95. The Morgan fingerprint density at radius 1 is 0.812 bits per heavy atom. The summed E-state index contributed by atoms with van der Waals surface area (Å²) in [5, 5.41) is 0.858. The van der Waals surface area contributed by atoms with Gasteiger partial charge < -0.3 is 0 Å². The van der Waals surface area contributed by atoms with Gasteiger partial charge >= 0.3 is 0 Å². The van der Waals surface area contributed by atoms with Crippen LogP contribution in [0.5, 0.6) is 0 Å². The zero-order valence-electron chi connectivity index (χ0n) is 8.74. The van der Waals surface area contributed by atoms with Crippen molar-refractivity contribution in [3.63, 3.8) is 0 Å². The fraction of sp³-hybridized carbons (Fsp3) is 0.167. The molecule has 0 radical (unpaired) electrons. The van der Waals surface area contributed by atoms with Crippen LogP contribution in [0.4, 0.5) is 0 Å². The zero-order valence-corrected chi connectivity index (χ0v) is 10.4. The smallest absolute Gasteiger partial charge is 0.187 e. The summed E-state index contributed by atoms with van der Waals surface area (Å²) in [5.74, 6) is 2.11. The Balaban J connectivity index is 1.70. The van der Waals surface area contributed by atoms with E-state index in [9.17, 15) is 0 Å². The first-order valence-electron chi connectivity index (χ1n) is 5.03. The Morgan fingerprint density at radius 2 is 1.50 bits per heavy atom. The van der Waals surface area contributed by atoms with E-state index in [0.717, 1.165) is 16.7 Å². The van der Waals surface area contributed by atoms with Crippen molar-refractivity contribution in [1.29, 1.82) is 0 Å². The second-order valence-electron chi connectivity index (χ2n) is 3.04.